The Hall–Kier alpha value is -0.570. The van der Waals surface area contributed by atoms with Gasteiger partial charge in [0.25, 0.3) is 0 Å². The highest BCUT2D eigenvalue weighted by Crippen LogP contribution is 2.30. The van der Waals surface area contributed by atoms with E-state index in [0.29, 0.717) is 0 Å². The lowest BCUT2D eigenvalue weighted by atomic mass is 9.98. The molecule has 0 aliphatic carbocycles. The minimum atomic E-state index is -0.0643. The fourth-order valence-corrected chi connectivity index (χ4v) is 2.19. The lowest BCUT2D eigenvalue weighted by molar-refractivity contribution is -0.109. The summed E-state index contributed by atoms with van der Waals surface area (Å²) >= 11 is 5.99. The van der Waals surface area contributed by atoms with E-state index in [1.54, 1.807) is 0 Å². The molecule has 1 aromatic carbocycles. The molecule has 16 heavy (non-hydrogen) atoms. The van der Waals surface area contributed by atoms with Gasteiger partial charge in [-0.15, -0.1) is 0 Å². The van der Waals surface area contributed by atoms with Gasteiger partial charge in [-0.25, -0.2) is 0 Å². The fraction of sp³-hybridized carbons (Fsp3) is 0.538. The van der Waals surface area contributed by atoms with E-state index >= 15 is 0 Å². The van der Waals surface area contributed by atoms with Crippen LogP contribution in [-0.2, 0) is 4.74 Å². The molecule has 0 saturated carbocycles. The zero-order valence-corrected chi connectivity index (χ0v) is 10.6. The van der Waals surface area contributed by atoms with Gasteiger partial charge >= 0.3 is 0 Å². The van der Waals surface area contributed by atoms with Crippen LogP contribution in [0.2, 0.25) is 5.02 Å². The van der Waals surface area contributed by atoms with Gasteiger partial charge in [0.1, 0.15) is 0 Å². The third-order valence-electron chi connectivity index (χ3n) is 3.22. The van der Waals surface area contributed by atoms with Crippen LogP contribution in [0.25, 0.3) is 0 Å². The zero-order valence-electron chi connectivity index (χ0n) is 9.79. The van der Waals surface area contributed by atoms with Crippen LogP contribution in [-0.4, -0.2) is 18.7 Å². The lowest BCUT2D eigenvalue weighted by Gasteiger charge is -2.39. The number of halogens is 1. The number of benzene rings is 1. The first-order valence-corrected chi connectivity index (χ1v) is 6.15. The molecule has 0 spiro atoms. The summed E-state index contributed by atoms with van der Waals surface area (Å²) in [6.45, 7) is 6.08. The molecule has 2 atom stereocenters. The summed E-state index contributed by atoms with van der Waals surface area (Å²) in [5.74, 6) is 0. The van der Waals surface area contributed by atoms with Crippen LogP contribution >= 0.6 is 11.6 Å². The summed E-state index contributed by atoms with van der Waals surface area (Å²) in [6.07, 6.45) is 1.12. The molecule has 0 bridgehead atoms. The van der Waals surface area contributed by atoms with Gasteiger partial charge in [-0.2, -0.15) is 0 Å². The van der Waals surface area contributed by atoms with Crippen molar-refractivity contribution >= 4 is 11.6 Å². The van der Waals surface area contributed by atoms with E-state index in [1.165, 1.54) is 0 Å². The second-order valence-electron chi connectivity index (χ2n) is 4.60. The predicted molar refractivity (Wildman–Crippen MR) is 66.8 cm³/mol. The van der Waals surface area contributed by atoms with E-state index in [1.807, 2.05) is 18.2 Å². The molecule has 2 nitrogen and oxygen atoms in total. The zero-order chi connectivity index (χ0) is 11.6. The van der Waals surface area contributed by atoms with Gasteiger partial charge < -0.3 is 10.1 Å². The van der Waals surface area contributed by atoms with Crippen molar-refractivity contribution in [3.63, 3.8) is 0 Å². The molecule has 88 valence electrons. The Labute approximate surface area is 102 Å². The van der Waals surface area contributed by atoms with Gasteiger partial charge in [-0.3, -0.25) is 0 Å². The standard InChI is InChI=1S/C13H18ClNO/c1-3-13(2)9-15-8-12(16-13)10-5-4-6-11(14)7-10/h4-7,12,15H,3,8-9H2,1-2H3. The summed E-state index contributed by atoms with van der Waals surface area (Å²) in [4.78, 5) is 0. The summed E-state index contributed by atoms with van der Waals surface area (Å²) < 4.78 is 6.14. The van der Waals surface area contributed by atoms with Crippen molar-refractivity contribution in [1.29, 1.82) is 0 Å². The fourth-order valence-electron chi connectivity index (χ4n) is 2.00. The van der Waals surface area contributed by atoms with Crippen molar-refractivity contribution in [1.82, 2.24) is 5.32 Å². The minimum absolute atomic E-state index is 0.0643. The molecule has 2 unspecified atom stereocenters. The molecule has 0 aromatic heterocycles. The van der Waals surface area contributed by atoms with Gasteiger partial charge in [0.15, 0.2) is 0 Å². The largest absolute Gasteiger partial charge is 0.365 e. The van der Waals surface area contributed by atoms with Crippen molar-refractivity contribution in [2.45, 2.75) is 32.0 Å². The molecular weight excluding hydrogens is 222 g/mol. The van der Waals surface area contributed by atoms with E-state index in [0.717, 1.165) is 30.1 Å². The van der Waals surface area contributed by atoms with Crippen LogP contribution in [0, 0.1) is 0 Å². The van der Waals surface area contributed by atoms with Crippen LogP contribution in [0.1, 0.15) is 31.9 Å². The molecule has 1 aliphatic rings. The van der Waals surface area contributed by atoms with E-state index in [-0.39, 0.29) is 11.7 Å². The highest BCUT2D eigenvalue weighted by molar-refractivity contribution is 6.30. The monoisotopic (exact) mass is 239 g/mol. The number of nitrogens with one attached hydrogen (secondary N) is 1. The average Bonchev–Trinajstić information content (AvgIpc) is 2.29. The van der Waals surface area contributed by atoms with Crippen LogP contribution < -0.4 is 5.32 Å². The molecule has 0 radical (unpaired) electrons. The molecule has 2 rings (SSSR count). The Morgan fingerprint density at radius 3 is 3.06 bits per heavy atom. The molecule has 1 fully saturated rings. The smallest absolute Gasteiger partial charge is 0.0957 e. The molecule has 1 saturated heterocycles. The second-order valence-corrected chi connectivity index (χ2v) is 5.03. The van der Waals surface area contributed by atoms with Gasteiger partial charge in [0, 0.05) is 18.1 Å². The van der Waals surface area contributed by atoms with E-state index in [9.17, 15) is 0 Å². The van der Waals surface area contributed by atoms with Crippen LogP contribution in [0.5, 0.6) is 0 Å². The van der Waals surface area contributed by atoms with Crippen molar-refractivity contribution in [3.8, 4) is 0 Å². The summed E-state index contributed by atoms with van der Waals surface area (Å²) in [7, 11) is 0. The van der Waals surface area contributed by atoms with Gasteiger partial charge in [0.2, 0.25) is 0 Å². The van der Waals surface area contributed by atoms with E-state index in [2.05, 4.69) is 25.2 Å². The number of rotatable bonds is 2. The molecule has 1 N–H and O–H groups in total. The van der Waals surface area contributed by atoms with E-state index < -0.39 is 0 Å². The minimum Gasteiger partial charge on any atom is -0.365 e. The first-order valence-electron chi connectivity index (χ1n) is 5.77. The second kappa shape index (κ2) is 4.74. The Kier molecular flexibility index (Phi) is 3.53. The quantitative estimate of drug-likeness (QED) is 0.856. The van der Waals surface area contributed by atoms with Crippen molar-refractivity contribution in [2.24, 2.45) is 0 Å². The molecule has 3 heteroatoms. The number of ether oxygens (including phenoxy) is 1. The van der Waals surface area contributed by atoms with Crippen LogP contribution in [0.4, 0.5) is 0 Å². The highest BCUT2D eigenvalue weighted by Gasteiger charge is 2.31. The van der Waals surface area contributed by atoms with Crippen LogP contribution in [0.3, 0.4) is 0 Å². The van der Waals surface area contributed by atoms with Crippen molar-refractivity contribution in [2.75, 3.05) is 13.1 Å². The maximum atomic E-state index is 6.14. The SMILES string of the molecule is CCC1(C)CNCC(c2cccc(Cl)c2)O1. The predicted octanol–water partition coefficient (Wildman–Crippen LogP) is 3.17. The normalized spacial score (nSPS) is 30.3. The Morgan fingerprint density at radius 2 is 2.38 bits per heavy atom. The van der Waals surface area contributed by atoms with Gasteiger partial charge in [-0.05, 0) is 31.0 Å². The summed E-state index contributed by atoms with van der Waals surface area (Å²) in [5, 5.41) is 4.19. The summed E-state index contributed by atoms with van der Waals surface area (Å²) in [6, 6.07) is 7.91. The lowest BCUT2D eigenvalue weighted by Crippen LogP contribution is -2.48. The van der Waals surface area contributed by atoms with Gasteiger partial charge in [-0.1, -0.05) is 30.7 Å². The Bertz CT molecular complexity index is 369. The maximum Gasteiger partial charge on any atom is 0.0957 e. The number of morpholine rings is 1. The summed E-state index contributed by atoms with van der Waals surface area (Å²) in [5.41, 5.74) is 1.09. The molecule has 1 aromatic rings. The maximum absolute atomic E-state index is 6.14. The average molecular weight is 240 g/mol. The number of hydrogen-bond donors (Lipinski definition) is 1. The Balaban J connectivity index is 2.16. The molecule has 1 aliphatic heterocycles. The van der Waals surface area contributed by atoms with E-state index in [4.69, 9.17) is 16.3 Å². The number of hydrogen-bond acceptors (Lipinski definition) is 2. The molecular formula is C13H18ClNO. The van der Waals surface area contributed by atoms with Gasteiger partial charge in [0.05, 0.1) is 11.7 Å². The van der Waals surface area contributed by atoms with Crippen molar-refractivity contribution in [3.05, 3.63) is 34.9 Å². The molecule has 1 heterocycles. The Morgan fingerprint density at radius 1 is 1.56 bits per heavy atom. The van der Waals surface area contributed by atoms with Crippen LogP contribution in [0.15, 0.2) is 24.3 Å². The first-order chi connectivity index (χ1) is 7.63. The first kappa shape index (κ1) is 11.9. The van der Waals surface area contributed by atoms with Crippen molar-refractivity contribution < 1.29 is 4.74 Å². The molecule has 0 amide bonds. The third kappa shape index (κ3) is 2.57. The third-order valence-corrected chi connectivity index (χ3v) is 3.46. The highest BCUT2D eigenvalue weighted by atomic mass is 35.5. The topological polar surface area (TPSA) is 21.3 Å².